The van der Waals surface area contributed by atoms with Crippen LogP contribution in [0.1, 0.15) is 36.2 Å². The number of carbonyl (C=O) groups is 1. The van der Waals surface area contributed by atoms with Crippen LogP contribution in [0.15, 0.2) is 42.6 Å². The van der Waals surface area contributed by atoms with Crippen molar-refractivity contribution in [1.29, 1.82) is 0 Å². The van der Waals surface area contributed by atoms with Gasteiger partial charge in [0, 0.05) is 38.1 Å². The lowest BCUT2D eigenvalue weighted by atomic mass is 10.1. The summed E-state index contributed by atoms with van der Waals surface area (Å²) in [7, 11) is 0. The maximum atomic E-state index is 12.5. The zero-order chi connectivity index (χ0) is 19.2. The van der Waals surface area contributed by atoms with Crippen LogP contribution in [0, 0.1) is 13.8 Å². The minimum absolute atomic E-state index is 0.0216. The Labute approximate surface area is 162 Å². The molecule has 1 atom stereocenters. The molecular formula is C22H30N4O. The number of piperazine rings is 1. The van der Waals surface area contributed by atoms with Crippen molar-refractivity contribution in [2.45, 2.75) is 33.2 Å². The number of benzene rings is 1. The molecule has 1 aromatic heterocycles. The molecule has 0 bridgehead atoms. The van der Waals surface area contributed by atoms with Crippen molar-refractivity contribution in [3.8, 4) is 0 Å². The van der Waals surface area contributed by atoms with Gasteiger partial charge < -0.3 is 10.2 Å². The smallest absolute Gasteiger partial charge is 0.234 e. The Kier molecular flexibility index (Phi) is 6.45. The van der Waals surface area contributed by atoms with Gasteiger partial charge in [-0.05, 0) is 49.6 Å². The Balaban J connectivity index is 1.49. The van der Waals surface area contributed by atoms with Gasteiger partial charge in [-0.3, -0.25) is 14.7 Å². The Morgan fingerprint density at radius 1 is 1.11 bits per heavy atom. The number of carbonyl (C=O) groups excluding carboxylic acids is 1. The summed E-state index contributed by atoms with van der Waals surface area (Å²) in [6.07, 6.45) is 2.69. The van der Waals surface area contributed by atoms with Gasteiger partial charge >= 0.3 is 0 Å². The Hall–Kier alpha value is -2.40. The third kappa shape index (κ3) is 5.30. The largest absolute Gasteiger partial charge is 0.369 e. The highest BCUT2D eigenvalue weighted by Crippen LogP contribution is 2.18. The van der Waals surface area contributed by atoms with E-state index >= 15 is 0 Å². The quantitative estimate of drug-likeness (QED) is 0.853. The molecule has 1 unspecified atom stereocenters. The van der Waals surface area contributed by atoms with Crippen LogP contribution >= 0.6 is 0 Å². The SMILES string of the molecule is CCC(NC(=O)CN1CCN(c2cccc(C)c2)CC1)c1ccc(C)cn1. The van der Waals surface area contributed by atoms with Gasteiger partial charge in [0.15, 0.2) is 0 Å². The molecule has 1 amide bonds. The lowest BCUT2D eigenvalue weighted by Gasteiger charge is -2.36. The number of amides is 1. The molecule has 1 saturated heterocycles. The molecular weight excluding hydrogens is 336 g/mol. The van der Waals surface area contributed by atoms with Crippen molar-refractivity contribution in [2.75, 3.05) is 37.6 Å². The molecule has 2 aromatic rings. The summed E-state index contributed by atoms with van der Waals surface area (Å²) in [4.78, 5) is 21.6. The Bertz CT molecular complexity index is 751. The minimum atomic E-state index is -0.0216. The van der Waals surface area contributed by atoms with Crippen LogP contribution in [0.5, 0.6) is 0 Å². The van der Waals surface area contributed by atoms with Gasteiger partial charge in [0.2, 0.25) is 5.91 Å². The average Bonchev–Trinajstić information content (AvgIpc) is 2.67. The first-order valence-electron chi connectivity index (χ1n) is 9.81. The van der Waals surface area contributed by atoms with E-state index in [-0.39, 0.29) is 11.9 Å². The third-order valence-corrected chi connectivity index (χ3v) is 5.14. The number of aryl methyl sites for hydroxylation is 2. The van der Waals surface area contributed by atoms with Gasteiger partial charge in [0.25, 0.3) is 0 Å². The van der Waals surface area contributed by atoms with E-state index < -0.39 is 0 Å². The van der Waals surface area contributed by atoms with E-state index in [9.17, 15) is 4.79 Å². The second-order valence-corrected chi connectivity index (χ2v) is 7.39. The van der Waals surface area contributed by atoms with E-state index in [2.05, 4.69) is 58.2 Å². The summed E-state index contributed by atoms with van der Waals surface area (Å²) in [6.45, 7) is 10.4. The predicted molar refractivity (Wildman–Crippen MR) is 110 cm³/mol. The highest BCUT2D eigenvalue weighted by atomic mass is 16.2. The lowest BCUT2D eigenvalue weighted by Crippen LogP contribution is -2.49. The number of hydrogen-bond acceptors (Lipinski definition) is 4. The zero-order valence-electron chi connectivity index (χ0n) is 16.6. The third-order valence-electron chi connectivity index (χ3n) is 5.14. The Morgan fingerprint density at radius 3 is 2.52 bits per heavy atom. The molecule has 3 rings (SSSR count). The van der Waals surface area contributed by atoms with Crippen LogP contribution in [-0.4, -0.2) is 48.5 Å². The molecule has 1 aliphatic rings. The van der Waals surface area contributed by atoms with Crippen LogP contribution in [0.25, 0.3) is 0 Å². The van der Waals surface area contributed by atoms with Crippen LogP contribution in [-0.2, 0) is 4.79 Å². The summed E-state index contributed by atoms with van der Waals surface area (Å²) in [5.41, 5.74) is 4.62. The van der Waals surface area contributed by atoms with E-state index in [0.29, 0.717) is 6.54 Å². The number of rotatable bonds is 6. The summed E-state index contributed by atoms with van der Waals surface area (Å²) in [5.74, 6) is 0.0771. The van der Waals surface area contributed by atoms with E-state index in [0.717, 1.165) is 43.9 Å². The van der Waals surface area contributed by atoms with Crippen molar-refractivity contribution in [1.82, 2.24) is 15.2 Å². The van der Waals surface area contributed by atoms with Crippen LogP contribution in [0.3, 0.4) is 0 Å². The summed E-state index contributed by atoms with van der Waals surface area (Å²) in [6, 6.07) is 12.6. The molecule has 1 N–H and O–H groups in total. The minimum Gasteiger partial charge on any atom is -0.369 e. The fourth-order valence-corrected chi connectivity index (χ4v) is 3.50. The molecule has 0 saturated carbocycles. The first-order chi connectivity index (χ1) is 13.0. The molecule has 5 heteroatoms. The van der Waals surface area contributed by atoms with Gasteiger partial charge in [-0.2, -0.15) is 0 Å². The number of pyridine rings is 1. The highest BCUT2D eigenvalue weighted by Gasteiger charge is 2.21. The number of hydrogen-bond donors (Lipinski definition) is 1. The summed E-state index contributed by atoms with van der Waals surface area (Å²) >= 11 is 0. The van der Waals surface area contributed by atoms with Gasteiger partial charge in [-0.15, -0.1) is 0 Å². The van der Waals surface area contributed by atoms with E-state index in [1.165, 1.54) is 11.3 Å². The lowest BCUT2D eigenvalue weighted by molar-refractivity contribution is -0.123. The molecule has 0 aliphatic carbocycles. The highest BCUT2D eigenvalue weighted by molar-refractivity contribution is 5.78. The molecule has 1 aromatic carbocycles. The van der Waals surface area contributed by atoms with E-state index in [4.69, 9.17) is 0 Å². The second kappa shape index (κ2) is 9.00. The van der Waals surface area contributed by atoms with E-state index in [1.807, 2.05) is 25.3 Å². The molecule has 5 nitrogen and oxygen atoms in total. The van der Waals surface area contributed by atoms with Gasteiger partial charge in [-0.1, -0.05) is 25.1 Å². The number of aromatic nitrogens is 1. The number of nitrogens with zero attached hydrogens (tertiary/aromatic N) is 3. The summed E-state index contributed by atoms with van der Waals surface area (Å²) in [5, 5.41) is 3.14. The topological polar surface area (TPSA) is 48.5 Å². The summed E-state index contributed by atoms with van der Waals surface area (Å²) < 4.78 is 0. The molecule has 27 heavy (non-hydrogen) atoms. The first-order valence-corrected chi connectivity index (χ1v) is 9.81. The van der Waals surface area contributed by atoms with Crippen LogP contribution < -0.4 is 10.2 Å². The molecule has 0 spiro atoms. The molecule has 1 aliphatic heterocycles. The van der Waals surface area contributed by atoms with Crippen molar-refractivity contribution in [2.24, 2.45) is 0 Å². The van der Waals surface area contributed by atoms with Gasteiger partial charge in [0.1, 0.15) is 0 Å². The number of anilines is 1. The van der Waals surface area contributed by atoms with E-state index in [1.54, 1.807) is 0 Å². The van der Waals surface area contributed by atoms with Crippen LogP contribution in [0.2, 0.25) is 0 Å². The van der Waals surface area contributed by atoms with Crippen molar-refractivity contribution in [3.63, 3.8) is 0 Å². The monoisotopic (exact) mass is 366 g/mol. The fourth-order valence-electron chi connectivity index (χ4n) is 3.50. The normalized spacial score (nSPS) is 16.2. The zero-order valence-corrected chi connectivity index (χ0v) is 16.6. The molecule has 0 radical (unpaired) electrons. The predicted octanol–water partition coefficient (Wildman–Crippen LogP) is 3.09. The van der Waals surface area contributed by atoms with Crippen molar-refractivity contribution < 1.29 is 4.79 Å². The van der Waals surface area contributed by atoms with Gasteiger partial charge in [0.05, 0.1) is 18.3 Å². The Morgan fingerprint density at radius 2 is 1.89 bits per heavy atom. The average molecular weight is 367 g/mol. The van der Waals surface area contributed by atoms with Crippen LogP contribution in [0.4, 0.5) is 5.69 Å². The first kappa shape index (κ1) is 19.4. The van der Waals surface area contributed by atoms with Gasteiger partial charge in [-0.25, -0.2) is 0 Å². The second-order valence-electron chi connectivity index (χ2n) is 7.39. The fraction of sp³-hybridized carbons (Fsp3) is 0.455. The molecule has 2 heterocycles. The maximum absolute atomic E-state index is 12.5. The van der Waals surface area contributed by atoms with Crippen molar-refractivity contribution in [3.05, 3.63) is 59.4 Å². The standard InChI is InChI=1S/C22H30N4O/c1-4-20(21-9-8-18(3)15-23-21)24-22(27)16-25-10-12-26(13-11-25)19-7-5-6-17(2)14-19/h5-9,14-15,20H,4,10-13,16H2,1-3H3,(H,24,27). The van der Waals surface area contributed by atoms with Crippen molar-refractivity contribution >= 4 is 11.6 Å². The molecule has 144 valence electrons. The molecule has 1 fully saturated rings. The number of nitrogens with one attached hydrogen (secondary N) is 1. The maximum Gasteiger partial charge on any atom is 0.234 e.